The van der Waals surface area contributed by atoms with Crippen molar-refractivity contribution in [1.82, 2.24) is 19.0 Å². The van der Waals surface area contributed by atoms with Crippen LogP contribution < -0.4 is 27.4 Å². The maximum absolute atomic E-state index is 14.7. The van der Waals surface area contributed by atoms with Gasteiger partial charge in [0, 0.05) is 25.7 Å². The Morgan fingerprint density at radius 1 is 0.950 bits per heavy atom. The van der Waals surface area contributed by atoms with Gasteiger partial charge in [0.2, 0.25) is 6.41 Å². The number of aromatic nitrogens is 3. The van der Waals surface area contributed by atoms with Gasteiger partial charge >= 0.3 is 5.69 Å². The van der Waals surface area contributed by atoms with E-state index < -0.39 is 17.1 Å². The highest BCUT2D eigenvalue weighted by Gasteiger charge is 2.31. The standard InChI is InChI=1S/C26H25FN4O3.C2H5NO.C2H6/c1-14-6-5-7-18(12-14)30-22-16(3)24(32)29(4)23(28-20-11-8-15(2)13-19(20)27)21(22)25(33)31(26(30)34)17-9-10-17;1-3-2-4;1-2/h5-8,11-13,17,28H,9-10H2,1-4H3;2H,1H3,(H,3,4);1-2H3. The summed E-state index contributed by atoms with van der Waals surface area (Å²) in [5.41, 5.74) is 1.53. The third kappa shape index (κ3) is 5.75. The summed E-state index contributed by atoms with van der Waals surface area (Å²) in [6, 6.07) is 11.8. The van der Waals surface area contributed by atoms with Crippen molar-refractivity contribution in [3.8, 4) is 5.69 Å². The van der Waals surface area contributed by atoms with E-state index in [4.69, 9.17) is 4.79 Å². The Balaban J connectivity index is 0.000000677. The number of hydrogen-bond acceptors (Lipinski definition) is 5. The highest BCUT2D eigenvalue weighted by atomic mass is 19.1. The Labute approximate surface area is 231 Å². The number of hydrogen-bond donors (Lipinski definition) is 2. The van der Waals surface area contributed by atoms with E-state index in [-0.39, 0.29) is 39.6 Å². The number of halogens is 1. The zero-order valence-corrected chi connectivity index (χ0v) is 24.0. The third-order valence-electron chi connectivity index (χ3n) is 6.51. The molecule has 0 radical (unpaired) electrons. The molecule has 5 rings (SSSR count). The summed E-state index contributed by atoms with van der Waals surface area (Å²) < 4.78 is 18.7. The van der Waals surface area contributed by atoms with Crippen LogP contribution in [0.4, 0.5) is 15.9 Å². The van der Waals surface area contributed by atoms with Gasteiger partial charge in [0.05, 0.1) is 16.9 Å². The first kappa shape index (κ1) is 30.1. The molecule has 212 valence electrons. The molecule has 0 atom stereocenters. The fourth-order valence-electron chi connectivity index (χ4n) is 4.47. The Morgan fingerprint density at radius 2 is 1.57 bits per heavy atom. The molecule has 0 spiro atoms. The normalized spacial score (nSPS) is 12.1. The molecular weight excluding hydrogens is 513 g/mol. The van der Waals surface area contributed by atoms with E-state index in [2.05, 4.69) is 10.6 Å². The Bertz CT molecular complexity index is 1730. The quantitative estimate of drug-likeness (QED) is 0.359. The van der Waals surface area contributed by atoms with Gasteiger partial charge in [0.15, 0.2) is 0 Å². The van der Waals surface area contributed by atoms with E-state index in [9.17, 15) is 18.8 Å². The Hall–Kier alpha value is -4.47. The molecule has 2 aromatic carbocycles. The molecule has 0 bridgehead atoms. The van der Waals surface area contributed by atoms with Gasteiger partial charge in [-0.25, -0.2) is 9.18 Å². The maximum atomic E-state index is 14.7. The predicted octanol–water partition coefficient (Wildman–Crippen LogP) is 4.38. The highest BCUT2D eigenvalue weighted by molar-refractivity contribution is 5.93. The summed E-state index contributed by atoms with van der Waals surface area (Å²) in [6.07, 6.45) is 2.09. The van der Waals surface area contributed by atoms with Crippen LogP contribution in [0.1, 0.15) is 49.4 Å². The number of nitrogens with one attached hydrogen (secondary N) is 2. The molecule has 4 aromatic rings. The van der Waals surface area contributed by atoms with Crippen molar-refractivity contribution in [2.24, 2.45) is 7.05 Å². The summed E-state index contributed by atoms with van der Waals surface area (Å²) in [6.45, 7) is 9.29. The van der Waals surface area contributed by atoms with Gasteiger partial charge in [0.1, 0.15) is 17.0 Å². The van der Waals surface area contributed by atoms with E-state index in [0.29, 0.717) is 12.1 Å². The summed E-state index contributed by atoms with van der Waals surface area (Å²) in [5, 5.41) is 5.40. The number of nitrogens with zero attached hydrogens (tertiary/aromatic N) is 3. The molecule has 1 saturated carbocycles. The number of amides is 1. The smallest absolute Gasteiger partial charge is 0.336 e. The summed E-state index contributed by atoms with van der Waals surface area (Å²) >= 11 is 0. The zero-order chi connectivity index (χ0) is 29.7. The van der Waals surface area contributed by atoms with Crippen molar-refractivity contribution in [3.05, 3.63) is 96.2 Å². The molecule has 0 saturated heterocycles. The largest absolute Gasteiger partial charge is 0.362 e. The minimum absolute atomic E-state index is 0.136. The summed E-state index contributed by atoms with van der Waals surface area (Å²) in [5.74, 6) is -0.357. The zero-order valence-electron chi connectivity index (χ0n) is 24.0. The van der Waals surface area contributed by atoms with Crippen molar-refractivity contribution in [1.29, 1.82) is 0 Å². The maximum Gasteiger partial charge on any atom is 0.336 e. The fourth-order valence-corrected chi connectivity index (χ4v) is 4.47. The fraction of sp³-hybridized carbons (Fsp3) is 0.333. The number of anilines is 2. The van der Waals surface area contributed by atoms with Crippen LogP contribution in [0.5, 0.6) is 0 Å². The number of benzene rings is 2. The van der Waals surface area contributed by atoms with E-state index in [1.54, 1.807) is 39.1 Å². The van der Waals surface area contributed by atoms with Crippen LogP contribution in [0.25, 0.3) is 16.6 Å². The van der Waals surface area contributed by atoms with Crippen LogP contribution in [0, 0.1) is 26.6 Å². The van der Waals surface area contributed by atoms with Crippen LogP contribution in [-0.4, -0.2) is 27.2 Å². The number of carbonyl (C=O) groups is 1. The molecule has 10 heteroatoms. The number of aryl methyl sites for hydroxylation is 3. The number of carbonyl (C=O) groups excluding carboxylic acids is 1. The lowest BCUT2D eigenvalue weighted by molar-refractivity contribution is -0.109. The monoisotopic (exact) mass is 549 g/mol. The SMILES string of the molecule is CC.CNC=O.Cc1cccc(-n2c(=O)n(C3CC3)c(=O)c3c(Nc4ccc(C)cc4F)n(C)c(=O)c(C)c32)c1. The number of pyridine rings is 1. The molecule has 2 heterocycles. The van der Waals surface area contributed by atoms with Crippen molar-refractivity contribution in [2.45, 2.75) is 53.5 Å². The molecule has 1 amide bonds. The average molecular weight is 550 g/mol. The summed E-state index contributed by atoms with van der Waals surface area (Å²) in [4.78, 5) is 49.7. The molecule has 0 unspecified atom stereocenters. The van der Waals surface area contributed by atoms with Gasteiger partial charge in [-0.1, -0.05) is 32.0 Å². The lowest BCUT2D eigenvalue weighted by Gasteiger charge is -2.20. The van der Waals surface area contributed by atoms with Crippen LogP contribution in [-0.2, 0) is 11.8 Å². The van der Waals surface area contributed by atoms with Crippen LogP contribution in [0.2, 0.25) is 0 Å². The molecule has 2 aromatic heterocycles. The lowest BCUT2D eigenvalue weighted by atomic mass is 10.1. The third-order valence-corrected chi connectivity index (χ3v) is 6.51. The molecule has 1 aliphatic rings. The van der Waals surface area contributed by atoms with Crippen LogP contribution >= 0.6 is 0 Å². The number of fused-ring (bicyclic) bond motifs is 1. The van der Waals surface area contributed by atoms with E-state index in [1.165, 1.54) is 26.8 Å². The van der Waals surface area contributed by atoms with Crippen molar-refractivity contribution < 1.29 is 9.18 Å². The van der Waals surface area contributed by atoms with Crippen molar-refractivity contribution in [3.63, 3.8) is 0 Å². The molecule has 0 aliphatic heterocycles. The van der Waals surface area contributed by atoms with Gasteiger partial charge < -0.3 is 10.6 Å². The number of rotatable bonds is 5. The minimum atomic E-state index is -0.504. The Morgan fingerprint density at radius 3 is 2.12 bits per heavy atom. The second-order valence-electron chi connectivity index (χ2n) is 9.44. The molecule has 1 fully saturated rings. The predicted molar refractivity (Wildman–Crippen MR) is 158 cm³/mol. The molecule has 2 N–H and O–H groups in total. The Kier molecular flexibility index (Phi) is 9.47. The van der Waals surface area contributed by atoms with Crippen molar-refractivity contribution >= 4 is 28.8 Å². The van der Waals surface area contributed by atoms with Crippen molar-refractivity contribution in [2.75, 3.05) is 12.4 Å². The minimum Gasteiger partial charge on any atom is -0.362 e. The second kappa shape index (κ2) is 12.6. The topological polar surface area (TPSA) is 107 Å². The first-order valence-electron chi connectivity index (χ1n) is 13.2. The van der Waals surface area contributed by atoms with Gasteiger partial charge in [-0.15, -0.1) is 0 Å². The summed E-state index contributed by atoms with van der Waals surface area (Å²) in [7, 11) is 3.10. The van der Waals surface area contributed by atoms with Gasteiger partial charge in [-0.05, 0) is 69.0 Å². The van der Waals surface area contributed by atoms with E-state index in [1.807, 2.05) is 39.0 Å². The van der Waals surface area contributed by atoms with Gasteiger partial charge in [-0.3, -0.25) is 28.1 Å². The molecule has 1 aliphatic carbocycles. The van der Waals surface area contributed by atoms with Gasteiger partial charge in [-0.2, -0.15) is 0 Å². The first-order chi connectivity index (χ1) is 19.1. The van der Waals surface area contributed by atoms with E-state index >= 15 is 0 Å². The highest BCUT2D eigenvalue weighted by Crippen LogP contribution is 2.34. The average Bonchev–Trinajstić information content (AvgIpc) is 3.77. The van der Waals surface area contributed by atoms with Crippen LogP contribution in [0.3, 0.4) is 0 Å². The first-order valence-corrected chi connectivity index (χ1v) is 13.2. The van der Waals surface area contributed by atoms with E-state index in [0.717, 1.165) is 24.0 Å². The van der Waals surface area contributed by atoms with Crippen LogP contribution in [0.15, 0.2) is 56.8 Å². The van der Waals surface area contributed by atoms with Gasteiger partial charge in [0.25, 0.3) is 11.1 Å². The second-order valence-corrected chi connectivity index (χ2v) is 9.44. The lowest BCUT2D eigenvalue weighted by Crippen LogP contribution is -2.41. The molecule has 40 heavy (non-hydrogen) atoms. The molecule has 9 nitrogen and oxygen atoms in total. The molecular formula is C30H36FN5O4.